The molecule has 3 N–H and O–H groups in total. The van der Waals surface area contributed by atoms with Gasteiger partial charge in [-0.15, -0.1) is 0 Å². The minimum atomic E-state index is 0.266. The Bertz CT molecular complexity index is 232. The van der Waals surface area contributed by atoms with E-state index in [-0.39, 0.29) is 5.41 Å². The number of ether oxygens (including phenoxy) is 1. The van der Waals surface area contributed by atoms with Crippen molar-refractivity contribution in [2.75, 3.05) is 26.3 Å². The number of nitrogens with zero attached hydrogens (tertiary/aromatic N) is 1. The molecule has 1 aliphatic heterocycles. The third-order valence-electron chi connectivity index (χ3n) is 3.02. The molecule has 0 spiro atoms. The number of hydrogen-bond acceptors (Lipinski definition) is 2. The van der Waals surface area contributed by atoms with E-state index in [4.69, 9.17) is 10.5 Å². The number of guanidine groups is 1. The molecule has 0 aromatic rings. The van der Waals surface area contributed by atoms with Crippen LogP contribution in [-0.2, 0) is 4.74 Å². The summed E-state index contributed by atoms with van der Waals surface area (Å²) in [7, 11) is 0. The smallest absolute Gasteiger partial charge is 0.188 e. The van der Waals surface area contributed by atoms with Gasteiger partial charge in [0.05, 0.1) is 0 Å². The molecule has 4 heteroatoms. The molecule has 1 heterocycles. The summed E-state index contributed by atoms with van der Waals surface area (Å²) in [5, 5.41) is 3.14. The lowest BCUT2D eigenvalue weighted by molar-refractivity contribution is 0.0283. The van der Waals surface area contributed by atoms with Crippen molar-refractivity contribution in [2.24, 2.45) is 22.1 Å². The van der Waals surface area contributed by atoms with E-state index in [1.807, 2.05) is 0 Å². The maximum atomic E-state index is 5.81. The minimum absolute atomic E-state index is 0.266. The summed E-state index contributed by atoms with van der Waals surface area (Å²) in [6.07, 6.45) is 2.15. The van der Waals surface area contributed by atoms with Crippen LogP contribution in [0.2, 0.25) is 0 Å². The van der Waals surface area contributed by atoms with Crippen LogP contribution in [0.25, 0.3) is 0 Å². The molecule has 0 amide bonds. The highest BCUT2D eigenvalue weighted by molar-refractivity contribution is 5.77. The number of nitrogens with two attached hydrogens (primary N) is 1. The van der Waals surface area contributed by atoms with Gasteiger partial charge in [-0.05, 0) is 24.2 Å². The first kappa shape index (κ1) is 13.3. The zero-order valence-corrected chi connectivity index (χ0v) is 10.8. The number of rotatable bonds is 4. The van der Waals surface area contributed by atoms with Crippen molar-refractivity contribution in [3.05, 3.63) is 0 Å². The van der Waals surface area contributed by atoms with Crippen LogP contribution in [0.15, 0.2) is 4.99 Å². The van der Waals surface area contributed by atoms with Gasteiger partial charge in [-0.2, -0.15) is 0 Å². The molecule has 16 heavy (non-hydrogen) atoms. The highest BCUT2D eigenvalue weighted by Gasteiger charge is 2.26. The zero-order valence-electron chi connectivity index (χ0n) is 10.8. The monoisotopic (exact) mass is 227 g/mol. The van der Waals surface area contributed by atoms with Gasteiger partial charge in [-0.25, -0.2) is 0 Å². The van der Waals surface area contributed by atoms with Crippen LogP contribution in [0.1, 0.15) is 33.6 Å². The van der Waals surface area contributed by atoms with Crippen LogP contribution < -0.4 is 11.1 Å². The fourth-order valence-electron chi connectivity index (χ4n) is 1.66. The lowest BCUT2D eigenvalue weighted by atomic mass is 9.83. The van der Waals surface area contributed by atoms with Gasteiger partial charge in [-0.3, -0.25) is 4.99 Å². The van der Waals surface area contributed by atoms with Crippen LogP contribution in [0.5, 0.6) is 0 Å². The van der Waals surface area contributed by atoms with E-state index in [2.05, 4.69) is 31.1 Å². The summed E-state index contributed by atoms with van der Waals surface area (Å²) in [5.41, 5.74) is 6.07. The molecule has 0 radical (unpaired) electrons. The first-order valence-electron chi connectivity index (χ1n) is 6.13. The van der Waals surface area contributed by atoms with Gasteiger partial charge in [-0.1, -0.05) is 20.8 Å². The normalized spacial score (nSPS) is 21.1. The average molecular weight is 227 g/mol. The average Bonchev–Trinajstić information content (AvgIpc) is 2.25. The van der Waals surface area contributed by atoms with Crippen LogP contribution in [0.4, 0.5) is 0 Å². The van der Waals surface area contributed by atoms with Crippen molar-refractivity contribution in [3.63, 3.8) is 0 Å². The maximum absolute atomic E-state index is 5.81. The van der Waals surface area contributed by atoms with Gasteiger partial charge in [0.25, 0.3) is 0 Å². The van der Waals surface area contributed by atoms with Crippen molar-refractivity contribution in [1.29, 1.82) is 0 Å². The van der Waals surface area contributed by atoms with E-state index < -0.39 is 0 Å². The fraction of sp³-hybridized carbons (Fsp3) is 0.917. The van der Waals surface area contributed by atoms with Crippen LogP contribution in [0, 0.1) is 11.3 Å². The second kappa shape index (κ2) is 6.09. The molecule has 0 aliphatic carbocycles. The Balaban J connectivity index is 2.32. The molecule has 1 aliphatic rings. The Kier molecular flexibility index (Phi) is 5.06. The second-order valence-corrected chi connectivity index (χ2v) is 5.40. The Morgan fingerprint density at radius 2 is 2.06 bits per heavy atom. The van der Waals surface area contributed by atoms with Gasteiger partial charge in [0.1, 0.15) is 0 Å². The Morgan fingerprint density at radius 3 is 2.62 bits per heavy atom. The Morgan fingerprint density at radius 1 is 1.44 bits per heavy atom. The summed E-state index contributed by atoms with van der Waals surface area (Å²) < 4.78 is 5.36. The first-order valence-corrected chi connectivity index (χ1v) is 6.13. The molecule has 1 saturated heterocycles. The van der Waals surface area contributed by atoms with Crippen molar-refractivity contribution in [2.45, 2.75) is 33.6 Å². The topological polar surface area (TPSA) is 59.6 Å². The Hall–Kier alpha value is -0.770. The predicted molar refractivity (Wildman–Crippen MR) is 67.5 cm³/mol. The van der Waals surface area contributed by atoms with Gasteiger partial charge >= 0.3 is 0 Å². The molecule has 0 aromatic carbocycles. The second-order valence-electron chi connectivity index (χ2n) is 5.40. The van der Waals surface area contributed by atoms with Gasteiger partial charge in [0.15, 0.2) is 5.96 Å². The van der Waals surface area contributed by atoms with Crippen LogP contribution in [0.3, 0.4) is 0 Å². The zero-order chi connectivity index (χ0) is 12.0. The molecule has 0 saturated carbocycles. The van der Waals surface area contributed by atoms with Gasteiger partial charge in [0.2, 0.25) is 0 Å². The maximum Gasteiger partial charge on any atom is 0.188 e. The number of aliphatic imine (C=N–C) groups is 1. The summed E-state index contributed by atoms with van der Waals surface area (Å²) in [6.45, 7) is 9.95. The third-order valence-corrected chi connectivity index (χ3v) is 3.02. The quantitative estimate of drug-likeness (QED) is 0.563. The summed E-state index contributed by atoms with van der Waals surface area (Å²) >= 11 is 0. The SMILES string of the molecule is CC(C)CNC(N)=NCC1(C)CCOCC1. The van der Waals surface area contributed by atoms with Crippen molar-refractivity contribution in [1.82, 2.24) is 5.32 Å². The molecular formula is C12H25N3O. The van der Waals surface area contributed by atoms with Crippen LogP contribution >= 0.6 is 0 Å². The standard InChI is InChI=1S/C12H25N3O/c1-10(2)8-14-11(13)15-9-12(3)4-6-16-7-5-12/h10H,4-9H2,1-3H3,(H3,13,14,15). The highest BCUT2D eigenvalue weighted by Crippen LogP contribution is 2.29. The summed E-state index contributed by atoms with van der Waals surface area (Å²) in [5.74, 6) is 1.16. The molecule has 0 aromatic heterocycles. The Labute approximate surface area is 98.6 Å². The molecule has 4 nitrogen and oxygen atoms in total. The molecule has 0 bridgehead atoms. The van der Waals surface area contributed by atoms with E-state index in [9.17, 15) is 0 Å². The lowest BCUT2D eigenvalue weighted by Gasteiger charge is -2.31. The van der Waals surface area contributed by atoms with Crippen LogP contribution in [-0.4, -0.2) is 32.3 Å². The molecule has 0 atom stereocenters. The summed E-state index contributed by atoms with van der Waals surface area (Å²) in [6, 6.07) is 0. The van der Waals surface area contributed by atoms with E-state index in [0.717, 1.165) is 39.1 Å². The van der Waals surface area contributed by atoms with Gasteiger partial charge in [0, 0.05) is 26.3 Å². The number of nitrogens with one attached hydrogen (secondary N) is 1. The largest absolute Gasteiger partial charge is 0.381 e. The van der Waals surface area contributed by atoms with Crippen molar-refractivity contribution < 1.29 is 4.74 Å². The van der Waals surface area contributed by atoms with E-state index >= 15 is 0 Å². The first-order chi connectivity index (χ1) is 7.52. The van der Waals surface area contributed by atoms with E-state index in [1.54, 1.807) is 0 Å². The fourth-order valence-corrected chi connectivity index (χ4v) is 1.66. The molecule has 1 fully saturated rings. The molecule has 94 valence electrons. The summed E-state index contributed by atoms with van der Waals surface area (Å²) in [4.78, 5) is 4.42. The molecular weight excluding hydrogens is 202 g/mol. The molecule has 0 unspecified atom stereocenters. The predicted octanol–water partition coefficient (Wildman–Crippen LogP) is 1.36. The van der Waals surface area contributed by atoms with Crippen molar-refractivity contribution >= 4 is 5.96 Å². The third kappa shape index (κ3) is 4.84. The highest BCUT2D eigenvalue weighted by atomic mass is 16.5. The van der Waals surface area contributed by atoms with E-state index in [0.29, 0.717) is 11.9 Å². The van der Waals surface area contributed by atoms with Gasteiger partial charge < -0.3 is 15.8 Å². The van der Waals surface area contributed by atoms with E-state index in [1.165, 1.54) is 0 Å². The lowest BCUT2D eigenvalue weighted by Crippen LogP contribution is -2.36. The number of hydrogen-bond donors (Lipinski definition) is 2. The molecule has 1 rings (SSSR count). The minimum Gasteiger partial charge on any atom is -0.381 e. The van der Waals surface area contributed by atoms with Crippen molar-refractivity contribution in [3.8, 4) is 0 Å².